The van der Waals surface area contributed by atoms with E-state index in [2.05, 4.69) is 0 Å². The normalized spacial score (nSPS) is 10.4. The van der Waals surface area contributed by atoms with Crippen molar-refractivity contribution in [2.45, 2.75) is 13.0 Å². The van der Waals surface area contributed by atoms with E-state index in [1.54, 1.807) is 25.3 Å². The molecule has 0 amide bonds. The van der Waals surface area contributed by atoms with Crippen molar-refractivity contribution < 1.29 is 19.4 Å². The third kappa shape index (κ3) is 4.05. The second-order valence-electron chi connectivity index (χ2n) is 3.59. The minimum absolute atomic E-state index is 0.124. The monoisotopic (exact) mass is 239 g/mol. The van der Waals surface area contributed by atoms with E-state index < -0.39 is 5.97 Å². The smallest absolute Gasteiger partial charge is 0.338 e. The number of rotatable bonds is 7. The van der Waals surface area contributed by atoms with Crippen LogP contribution < -0.4 is 5.73 Å². The molecule has 1 aromatic rings. The number of nitrogen functional groups attached to an aromatic ring is 1. The fourth-order valence-electron chi connectivity index (χ4n) is 1.49. The fourth-order valence-corrected chi connectivity index (χ4v) is 1.49. The van der Waals surface area contributed by atoms with Crippen LogP contribution in [0.3, 0.4) is 0 Å². The first-order valence-electron chi connectivity index (χ1n) is 5.34. The molecule has 5 heteroatoms. The second kappa shape index (κ2) is 6.88. The highest BCUT2D eigenvalue weighted by molar-refractivity contribution is 5.95. The number of nitrogens with two attached hydrogens (primary N) is 1. The Morgan fingerprint density at radius 3 is 2.82 bits per heavy atom. The second-order valence-corrected chi connectivity index (χ2v) is 3.59. The number of hydrogen-bond acceptors (Lipinski definition) is 4. The van der Waals surface area contributed by atoms with Crippen LogP contribution in [0.25, 0.3) is 0 Å². The summed E-state index contributed by atoms with van der Waals surface area (Å²) in [7, 11) is 1.63. The van der Waals surface area contributed by atoms with Gasteiger partial charge in [0.1, 0.15) is 0 Å². The number of benzene rings is 1. The van der Waals surface area contributed by atoms with E-state index in [0.717, 1.165) is 6.42 Å². The third-order valence-corrected chi connectivity index (χ3v) is 2.29. The zero-order chi connectivity index (χ0) is 12.7. The first kappa shape index (κ1) is 13.5. The van der Waals surface area contributed by atoms with E-state index in [0.29, 0.717) is 18.8 Å². The molecule has 0 saturated heterocycles. The molecule has 0 unspecified atom stereocenters. The van der Waals surface area contributed by atoms with Gasteiger partial charge < -0.3 is 20.3 Å². The number of methoxy groups -OCH3 is 1. The summed E-state index contributed by atoms with van der Waals surface area (Å²) in [5.41, 5.74) is 6.59. The number of carboxylic acids is 1. The van der Waals surface area contributed by atoms with Crippen LogP contribution in [-0.2, 0) is 16.1 Å². The van der Waals surface area contributed by atoms with Crippen molar-refractivity contribution in [1.29, 1.82) is 0 Å². The topological polar surface area (TPSA) is 81.8 Å². The highest BCUT2D eigenvalue weighted by Crippen LogP contribution is 2.17. The lowest BCUT2D eigenvalue weighted by Crippen LogP contribution is -2.08. The predicted octanol–water partition coefficient (Wildman–Crippen LogP) is 1.52. The number of carbonyl (C=O) groups is 1. The molecule has 0 atom stereocenters. The molecule has 0 aliphatic carbocycles. The number of hydrogen-bond donors (Lipinski definition) is 2. The zero-order valence-electron chi connectivity index (χ0n) is 9.81. The molecule has 3 N–H and O–H groups in total. The number of ether oxygens (including phenoxy) is 2. The summed E-state index contributed by atoms with van der Waals surface area (Å²) in [6.07, 6.45) is 0.779. The highest BCUT2D eigenvalue weighted by Gasteiger charge is 2.13. The molecule has 0 heterocycles. The van der Waals surface area contributed by atoms with Gasteiger partial charge in [0.15, 0.2) is 0 Å². The Labute approximate surface area is 100 Å². The van der Waals surface area contributed by atoms with Crippen molar-refractivity contribution in [2.24, 2.45) is 0 Å². The predicted molar refractivity (Wildman–Crippen MR) is 64.0 cm³/mol. The van der Waals surface area contributed by atoms with Gasteiger partial charge in [0.2, 0.25) is 0 Å². The summed E-state index contributed by atoms with van der Waals surface area (Å²) in [4.78, 5) is 11.0. The van der Waals surface area contributed by atoms with Crippen LogP contribution in [0.1, 0.15) is 22.3 Å². The fraction of sp³-hybridized carbons (Fsp3) is 0.417. The third-order valence-electron chi connectivity index (χ3n) is 2.29. The lowest BCUT2D eigenvalue weighted by molar-refractivity contribution is 0.0682. The minimum Gasteiger partial charge on any atom is -0.478 e. The van der Waals surface area contributed by atoms with Crippen LogP contribution >= 0.6 is 0 Å². The van der Waals surface area contributed by atoms with E-state index in [1.807, 2.05) is 0 Å². The van der Waals surface area contributed by atoms with Crippen molar-refractivity contribution in [2.75, 3.05) is 26.1 Å². The lowest BCUT2D eigenvalue weighted by Gasteiger charge is -2.09. The van der Waals surface area contributed by atoms with E-state index in [-0.39, 0.29) is 17.9 Å². The summed E-state index contributed by atoms with van der Waals surface area (Å²) in [6, 6.07) is 4.99. The highest BCUT2D eigenvalue weighted by atomic mass is 16.5. The van der Waals surface area contributed by atoms with Crippen LogP contribution in [0.4, 0.5) is 5.69 Å². The van der Waals surface area contributed by atoms with Crippen molar-refractivity contribution >= 4 is 11.7 Å². The van der Waals surface area contributed by atoms with E-state index in [9.17, 15) is 4.79 Å². The molecule has 0 radical (unpaired) electrons. The van der Waals surface area contributed by atoms with Gasteiger partial charge >= 0.3 is 5.97 Å². The molecule has 0 bridgehead atoms. The van der Waals surface area contributed by atoms with Gasteiger partial charge in [-0.2, -0.15) is 0 Å². The zero-order valence-corrected chi connectivity index (χ0v) is 9.81. The quantitative estimate of drug-likeness (QED) is 0.557. The van der Waals surface area contributed by atoms with Gasteiger partial charge in [-0.1, -0.05) is 12.1 Å². The first-order chi connectivity index (χ1) is 8.16. The summed E-state index contributed by atoms with van der Waals surface area (Å²) in [5.74, 6) is -1.03. The van der Waals surface area contributed by atoms with Crippen molar-refractivity contribution in [3.63, 3.8) is 0 Å². The Morgan fingerprint density at radius 2 is 2.18 bits per heavy atom. The molecule has 0 spiro atoms. The molecular formula is C12H17NO4. The summed E-state index contributed by atoms with van der Waals surface area (Å²) >= 11 is 0. The Morgan fingerprint density at radius 1 is 1.41 bits per heavy atom. The standard InChI is InChI=1S/C12H17NO4/c1-16-6-3-7-17-8-9-4-2-5-10(13)11(9)12(14)15/h2,4-5H,3,6-8,13H2,1H3,(H,14,15). The Balaban J connectivity index is 2.58. The molecule has 1 aromatic carbocycles. The Bertz CT molecular complexity index is 379. The number of aromatic carboxylic acids is 1. The van der Waals surface area contributed by atoms with E-state index in [4.69, 9.17) is 20.3 Å². The summed E-state index contributed by atoms with van der Waals surface area (Å²) in [6.45, 7) is 1.40. The summed E-state index contributed by atoms with van der Waals surface area (Å²) in [5, 5.41) is 9.03. The van der Waals surface area contributed by atoms with Gasteiger partial charge in [0, 0.05) is 26.0 Å². The molecule has 0 aromatic heterocycles. The molecular weight excluding hydrogens is 222 g/mol. The molecule has 94 valence electrons. The molecule has 17 heavy (non-hydrogen) atoms. The van der Waals surface area contributed by atoms with Crippen LogP contribution in [0, 0.1) is 0 Å². The maximum Gasteiger partial charge on any atom is 0.338 e. The first-order valence-corrected chi connectivity index (χ1v) is 5.34. The van der Waals surface area contributed by atoms with Crippen molar-refractivity contribution in [1.82, 2.24) is 0 Å². The van der Waals surface area contributed by atoms with Crippen LogP contribution in [0.5, 0.6) is 0 Å². The minimum atomic E-state index is -1.03. The van der Waals surface area contributed by atoms with Gasteiger partial charge in [-0.15, -0.1) is 0 Å². The average Bonchev–Trinajstić information content (AvgIpc) is 2.28. The maximum atomic E-state index is 11.0. The SMILES string of the molecule is COCCCOCc1cccc(N)c1C(=O)O. The molecule has 0 aliphatic rings. The Kier molecular flexibility index (Phi) is 5.45. The van der Waals surface area contributed by atoms with Crippen LogP contribution in [-0.4, -0.2) is 31.4 Å². The van der Waals surface area contributed by atoms with Gasteiger partial charge in [-0.25, -0.2) is 4.79 Å². The van der Waals surface area contributed by atoms with Crippen molar-refractivity contribution in [3.8, 4) is 0 Å². The van der Waals surface area contributed by atoms with Crippen molar-refractivity contribution in [3.05, 3.63) is 29.3 Å². The largest absolute Gasteiger partial charge is 0.478 e. The van der Waals surface area contributed by atoms with Gasteiger partial charge in [0.25, 0.3) is 0 Å². The maximum absolute atomic E-state index is 11.0. The van der Waals surface area contributed by atoms with Crippen LogP contribution in [0.15, 0.2) is 18.2 Å². The molecule has 0 fully saturated rings. The van der Waals surface area contributed by atoms with Gasteiger partial charge in [-0.3, -0.25) is 0 Å². The van der Waals surface area contributed by atoms with Gasteiger partial charge in [-0.05, 0) is 18.1 Å². The molecule has 5 nitrogen and oxygen atoms in total. The van der Waals surface area contributed by atoms with Crippen LogP contribution in [0.2, 0.25) is 0 Å². The van der Waals surface area contributed by atoms with Gasteiger partial charge in [0.05, 0.1) is 12.2 Å². The van der Waals surface area contributed by atoms with E-state index >= 15 is 0 Å². The van der Waals surface area contributed by atoms with E-state index in [1.165, 1.54) is 0 Å². The lowest BCUT2D eigenvalue weighted by atomic mass is 10.1. The molecule has 0 aliphatic heterocycles. The molecule has 1 rings (SSSR count). The average molecular weight is 239 g/mol. The molecule has 0 saturated carbocycles. The summed E-state index contributed by atoms with van der Waals surface area (Å²) < 4.78 is 10.2. The Hall–Kier alpha value is -1.59. The number of anilines is 1. The number of carboxylic acid groups (broad SMARTS) is 1.